The first-order chi connectivity index (χ1) is 9.83. The zero-order chi connectivity index (χ0) is 15.4. The smallest absolute Gasteiger partial charge is 0.320 e. The number of fused-ring (bicyclic) bond motifs is 1. The van der Waals surface area contributed by atoms with Crippen molar-refractivity contribution in [1.29, 1.82) is 0 Å². The topological polar surface area (TPSA) is 134 Å². The van der Waals surface area contributed by atoms with Crippen molar-refractivity contribution in [3.8, 4) is 0 Å². The third-order valence-electron chi connectivity index (χ3n) is 3.68. The number of hydrogen-bond donors (Lipinski definition) is 6. The van der Waals surface area contributed by atoms with Gasteiger partial charge in [-0.2, -0.15) is 8.78 Å². The summed E-state index contributed by atoms with van der Waals surface area (Å²) in [6, 6.07) is -1.42. The summed E-state index contributed by atoms with van der Waals surface area (Å²) in [6.07, 6.45) is -0.266. The highest BCUT2D eigenvalue weighted by Crippen LogP contribution is 2.45. The number of aliphatic hydroxyl groups excluding tert-OH is 2. The van der Waals surface area contributed by atoms with Crippen LogP contribution in [0.1, 0.15) is 5.56 Å². The van der Waals surface area contributed by atoms with E-state index in [1.807, 2.05) is 0 Å². The van der Waals surface area contributed by atoms with Gasteiger partial charge in [0.05, 0.1) is 19.0 Å². The Morgan fingerprint density at radius 3 is 2.71 bits per heavy atom. The van der Waals surface area contributed by atoms with E-state index in [1.165, 1.54) is 0 Å². The molecule has 1 aliphatic rings. The van der Waals surface area contributed by atoms with Crippen LogP contribution in [0, 0.1) is 0 Å². The third kappa shape index (κ3) is 1.67. The predicted molar refractivity (Wildman–Crippen MR) is 65.6 cm³/mol. The van der Waals surface area contributed by atoms with Crippen LogP contribution in [0.4, 0.5) is 8.78 Å². The van der Waals surface area contributed by atoms with Crippen molar-refractivity contribution in [1.82, 2.24) is 20.3 Å². The van der Waals surface area contributed by atoms with Crippen LogP contribution in [0.15, 0.2) is 17.3 Å². The molecule has 0 spiro atoms. The van der Waals surface area contributed by atoms with Crippen LogP contribution in [0.2, 0.25) is 0 Å². The number of aromatic nitrogens is 3. The number of aromatic amines is 2. The van der Waals surface area contributed by atoms with Crippen LogP contribution in [0.5, 0.6) is 0 Å². The molecule has 0 bridgehead atoms. The lowest BCUT2D eigenvalue weighted by atomic mass is 9.97. The maximum atomic E-state index is 14.2. The molecular weight excluding hydrogens is 290 g/mol. The van der Waals surface area contributed by atoms with Crippen molar-refractivity contribution in [3.05, 3.63) is 28.4 Å². The van der Waals surface area contributed by atoms with Gasteiger partial charge in [0.25, 0.3) is 5.56 Å². The molecule has 0 radical (unpaired) electrons. The van der Waals surface area contributed by atoms with E-state index in [9.17, 15) is 23.8 Å². The Morgan fingerprint density at radius 2 is 2.10 bits per heavy atom. The Bertz CT molecular complexity index is 745. The second-order valence-corrected chi connectivity index (χ2v) is 4.87. The molecule has 3 rings (SSSR count). The summed E-state index contributed by atoms with van der Waals surface area (Å²) < 4.78 is 28.4. The minimum Gasteiger partial charge on any atom is -0.395 e. The summed E-state index contributed by atoms with van der Waals surface area (Å²) in [7, 11) is 0. The summed E-state index contributed by atoms with van der Waals surface area (Å²) >= 11 is 0. The first kappa shape index (κ1) is 14.1. The van der Waals surface area contributed by atoms with Gasteiger partial charge in [0.1, 0.15) is 17.1 Å². The SMILES string of the molecule is O=c1[nH]cnc2c([C@]3(O)NC(CO)[C@@H](O)C3(F)F)c[nH]c12. The molecule has 0 saturated carbocycles. The highest BCUT2D eigenvalue weighted by atomic mass is 19.3. The molecule has 3 heterocycles. The van der Waals surface area contributed by atoms with Gasteiger partial charge in [0.15, 0.2) is 0 Å². The summed E-state index contributed by atoms with van der Waals surface area (Å²) in [5.41, 5.74) is -4.17. The Kier molecular flexibility index (Phi) is 2.89. The number of nitrogens with one attached hydrogen (secondary N) is 3. The number of aliphatic hydroxyl groups is 3. The standard InChI is InChI=1S/C11H12F2N4O4/c12-10(13)8(19)5(2-18)17-11(10,21)4-1-14-7-6(4)15-3-16-9(7)20/h1,3,5,8,14,17-19,21H,2H2,(H,15,16,20)/t5?,8-,11-/m1/s1. The van der Waals surface area contributed by atoms with Gasteiger partial charge in [-0.05, 0) is 0 Å². The fourth-order valence-electron chi connectivity index (χ4n) is 2.54. The molecule has 1 saturated heterocycles. The molecule has 2 aromatic heterocycles. The second kappa shape index (κ2) is 4.31. The van der Waals surface area contributed by atoms with E-state index in [-0.39, 0.29) is 16.6 Å². The minimum atomic E-state index is -3.99. The van der Waals surface area contributed by atoms with E-state index in [0.29, 0.717) is 0 Å². The van der Waals surface area contributed by atoms with Crippen LogP contribution in [-0.2, 0) is 5.72 Å². The Morgan fingerprint density at radius 1 is 1.38 bits per heavy atom. The Hall–Kier alpha value is -1.88. The molecule has 1 aliphatic heterocycles. The van der Waals surface area contributed by atoms with Gasteiger partial charge in [0.2, 0.25) is 5.72 Å². The molecular formula is C11H12F2N4O4. The summed E-state index contributed by atoms with van der Waals surface area (Å²) in [4.78, 5) is 20.0. The Balaban J connectivity index is 2.22. The second-order valence-electron chi connectivity index (χ2n) is 4.87. The summed E-state index contributed by atoms with van der Waals surface area (Å²) in [6.45, 7) is -0.796. The van der Waals surface area contributed by atoms with Crippen LogP contribution >= 0.6 is 0 Å². The van der Waals surface area contributed by atoms with E-state index >= 15 is 0 Å². The van der Waals surface area contributed by atoms with Gasteiger partial charge in [-0.25, -0.2) is 4.98 Å². The van der Waals surface area contributed by atoms with E-state index in [1.54, 1.807) is 0 Å². The van der Waals surface area contributed by atoms with Crippen LogP contribution < -0.4 is 10.9 Å². The molecule has 0 amide bonds. The van der Waals surface area contributed by atoms with E-state index in [4.69, 9.17) is 5.11 Å². The van der Waals surface area contributed by atoms with Crippen molar-refractivity contribution in [2.75, 3.05) is 6.61 Å². The normalized spacial score (nSPS) is 31.9. The summed E-state index contributed by atoms with van der Waals surface area (Å²) in [5.74, 6) is -3.99. The quantitative estimate of drug-likeness (QED) is 0.394. The number of halogens is 2. The van der Waals surface area contributed by atoms with E-state index in [0.717, 1.165) is 12.5 Å². The maximum Gasteiger partial charge on any atom is 0.320 e. The highest BCUT2D eigenvalue weighted by molar-refractivity contribution is 5.79. The van der Waals surface area contributed by atoms with Gasteiger partial charge in [0, 0.05) is 11.8 Å². The summed E-state index contributed by atoms with van der Waals surface area (Å²) in [5, 5.41) is 31.0. The lowest BCUT2D eigenvalue weighted by Gasteiger charge is -2.29. The van der Waals surface area contributed by atoms with E-state index in [2.05, 4.69) is 20.3 Å². The van der Waals surface area contributed by atoms with Crippen LogP contribution in [-0.4, -0.2) is 54.9 Å². The number of H-pyrrole nitrogens is 2. The van der Waals surface area contributed by atoms with Crippen molar-refractivity contribution < 1.29 is 24.1 Å². The number of hydrogen-bond acceptors (Lipinski definition) is 6. The molecule has 2 aromatic rings. The number of alkyl halides is 2. The average Bonchev–Trinajstić information content (AvgIpc) is 2.95. The maximum absolute atomic E-state index is 14.2. The molecule has 21 heavy (non-hydrogen) atoms. The van der Waals surface area contributed by atoms with Crippen molar-refractivity contribution in [3.63, 3.8) is 0 Å². The molecule has 8 nitrogen and oxygen atoms in total. The van der Waals surface area contributed by atoms with Gasteiger partial charge in [-0.15, -0.1) is 0 Å². The molecule has 114 valence electrons. The van der Waals surface area contributed by atoms with Crippen molar-refractivity contribution >= 4 is 11.0 Å². The van der Waals surface area contributed by atoms with Crippen molar-refractivity contribution in [2.45, 2.75) is 23.8 Å². The van der Waals surface area contributed by atoms with Gasteiger partial charge in [-0.3, -0.25) is 10.1 Å². The number of nitrogens with zero attached hydrogens (tertiary/aromatic N) is 1. The molecule has 1 unspecified atom stereocenters. The zero-order valence-corrected chi connectivity index (χ0v) is 10.5. The van der Waals surface area contributed by atoms with Crippen molar-refractivity contribution in [2.24, 2.45) is 0 Å². The third-order valence-corrected chi connectivity index (χ3v) is 3.68. The van der Waals surface area contributed by atoms with Gasteiger partial charge >= 0.3 is 5.92 Å². The zero-order valence-electron chi connectivity index (χ0n) is 10.5. The lowest BCUT2D eigenvalue weighted by molar-refractivity contribution is -0.210. The highest BCUT2D eigenvalue weighted by Gasteiger charge is 2.67. The average molecular weight is 302 g/mol. The number of rotatable bonds is 2. The van der Waals surface area contributed by atoms with Gasteiger partial charge in [-0.1, -0.05) is 0 Å². The Labute approximate surface area is 115 Å². The van der Waals surface area contributed by atoms with Crippen LogP contribution in [0.3, 0.4) is 0 Å². The molecule has 1 fully saturated rings. The molecule has 0 aromatic carbocycles. The lowest BCUT2D eigenvalue weighted by Crippen LogP contribution is -2.51. The molecule has 3 atom stereocenters. The monoisotopic (exact) mass is 302 g/mol. The van der Waals surface area contributed by atoms with E-state index < -0.39 is 36.0 Å². The fourth-order valence-corrected chi connectivity index (χ4v) is 2.54. The largest absolute Gasteiger partial charge is 0.395 e. The minimum absolute atomic E-state index is 0.0829. The predicted octanol–water partition coefficient (Wildman–Crippen LogP) is -1.64. The van der Waals surface area contributed by atoms with Gasteiger partial charge < -0.3 is 25.3 Å². The first-order valence-corrected chi connectivity index (χ1v) is 6.05. The fraction of sp³-hybridized carbons (Fsp3) is 0.455. The molecule has 6 N–H and O–H groups in total. The molecule has 0 aliphatic carbocycles. The van der Waals surface area contributed by atoms with Crippen LogP contribution in [0.25, 0.3) is 11.0 Å². The molecule has 10 heteroatoms. The first-order valence-electron chi connectivity index (χ1n) is 6.05.